The predicted octanol–water partition coefficient (Wildman–Crippen LogP) is 4.08. The number of benzene rings is 2. The zero-order valence-electron chi connectivity index (χ0n) is 17.0. The number of carbonyl (C=O) groups excluding carboxylic acids is 1. The molecule has 1 aliphatic heterocycles. The molecule has 0 atom stereocenters. The van der Waals surface area contributed by atoms with E-state index in [0.29, 0.717) is 37.6 Å². The van der Waals surface area contributed by atoms with Crippen molar-refractivity contribution in [3.8, 4) is 11.5 Å². The van der Waals surface area contributed by atoms with Gasteiger partial charge >= 0.3 is 0 Å². The number of carbonyl (C=O) groups is 1. The van der Waals surface area contributed by atoms with E-state index in [4.69, 9.17) is 9.47 Å². The minimum atomic E-state index is 0.00150. The molecule has 4 rings (SSSR count). The number of rotatable bonds is 7. The standard InChI is InChI=1S/C23H25N3O3S/c1-2-28-22-10-6-4-8-20(22)25-11-13-26(14-12-25)23(27)19-7-3-5-9-21(19)29-15-18-16-30-17-24-18/h3-10,16-17H,2,11-15H2,1H3. The Labute approximate surface area is 180 Å². The number of anilines is 1. The van der Waals surface area contributed by atoms with Gasteiger partial charge in [0, 0.05) is 31.6 Å². The third-order valence-electron chi connectivity index (χ3n) is 5.05. The molecule has 2 aromatic carbocycles. The molecule has 1 amide bonds. The normalized spacial score (nSPS) is 13.9. The van der Waals surface area contributed by atoms with Crippen LogP contribution in [0.4, 0.5) is 5.69 Å². The Morgan fingerprint density at radius 2 is 1.73 bits per heavy atom. The van der Waals surface area contributed by atoms with Crippen LogP contribution >= 0.6 is 11.3 Å². The van der Waals surface area contributed by atoms with E-state index in [-0.39, 0.29) is 5.91 Å². The van der Waals surface area contributed by atoms with E-state index in [0.717, 1.165) is 30.2 Å². The molecule has 1 aromatic heterocycles. The summed E-state index contributed by atoms with van der Waals surface area (Å²) in [6.07, 6.45) is 0. The molecule has 0 bridgehead atoms. The van der Waals surface area contributed by atoms with Gasteiger partial charge in [0.2, 0.25) is 0 Å². The smallest absolute Gasteiger partial charge is 0.257 e. The summed E-state index contributed by atoms with van der Waals surface area (Å²) in [6.45, 7) is 5.80. The van der Waals surface area contributed by atoms with Crippen LogP contribution in [0.25, 0.3) is 0 Å². The highest BCUT2D eigenvalue weighted by Crippen LogP contribution is 2.29. The van der Waals surface area contributed by atoms with Gasteiger partial charge in [0.1, 0.15) is 18.1 Å². The number of nitrogens with zero attached hydrogens (tertiary/aromatic N) is 3. The summed E-state index contributed by atoms with van der Waals surface area (Å²) in [5.74, 6) is 1.49. The quantitative estimate of drug-likeness (QED) is 0.573. The van der Waals surface area contributed by atoms with Gasteiger partial charge in [-0.05, 0) is 31.2 Å². The van der Waals surface area contributed by atoms with Crippen LogP contribution in [0, 0.1) is 0 Å². The molecule has 0 radical (unpaired) electrons. The number of thiazole rings is 1. The average molecular weight is 424 g/mol. The number of para-hydroxylation sites is 3. The van der Waals surface area contributed by atoms with Crippen LogP contribution < -0.4 is 14.4 Å². The van der Waals surface area contributed by atoms with E-state index in [1.807, 2.05) is 59.7 Å². The van der Waals surface area contributed by atoms with Crippen molar-refractivity contribution in [1.29, 1.82) is 0 Å². The molecule has 156 valence electrons. The molecule has 0 unspecified atom stereocenters. The Morgan fingerprint density at radius 3 is 2.47 bits per heavy atom. The summed E-state index contributed by atoms with van der Waals surface area (Å²) in [6, 6.07) is 15.5. The zero-order valence-corrected chi connectivity index (χ0v) is 17.8. The van der Waals surface area contributed by atoms with Crippen molar-refractivity contribution in [1.82, 2.24) is 9.88 Å². The van der Waals surface area contributed by atoms with E-state index >= 15 is 0 Å². The second-order valence-electron chi connectivity index (χ2n) is 6.94. The molecule has 0 saturated carbocycles. The van der Waals surface area contributed by atoms with Crippen molar-refractivity contribution in [3.63, 3.8) is 0 Å². The van der Waals surface area contributed by atoms with Crippen LogP contribution in [0.2, 0.25) is 0 Å². The van der Waals surface area contributed by atoms with Gasteiger partial charge in [0.25, 0.3) is 5.91 Å². The molecule has 3 aromatic rings. The van der Waals surface area contributed by atoms with Gasteiger partial charge in [-0.2, -0.15) is 0 Å². The molecule has 7 heteroatoms. The summed E-state index contributed by atoms with van der Waals surface area (Å²) >= 11 is 1.53. The van der Waals surface area contributed by atoms with Gasteiger partial charge in [-0.25, -0.2) is 4.98 Å². The lowest BCUT2D eigenvalue weighted by molar-refractivity contribution is 0.0741. The van der Waals surface area contributed by atoms with Gasteiger partial charge < -0.3 is 19.3 Å². The number of ether oxygens (including phenoxy) is 2. The molecule has 2 heterocycles. The van der Waals surface area contributed by atoms with Crippen LogP contribution in [0.1, 0.15) is 23.0 Å². The molecule has 0 N–H and O–H groups in total. The highest BCUT2D eigenvalue weighted by Gasteiger charge is 2.25. The van der Waals surface area contributed by atoms with E-state index in [1.54, 1.807) is 5.51 Å². The van der Waals surface area contributed by atoms with Gasteiger partial charge in [-0.15, -0.1) is 11.3 Å². The lowest BCUT2D eigenvalue weighted by atomic mass is 10.1. The second-order valence-corrected chi connectivity index (χ2v) is 7.66. The highest BCUT2D eigenvalue weighted by molar-refractivity contribution is 7.07. The first kappa shape index (κ1) is 20.2. The first-order chi connectivity index (χ1) is 14.8. The second kappa shape index (κ2) is 9.63. The summed E-state index contributed by atoms with van der Waals surface area (Å²) < 4.78 is 11.7. The van der Waals surface area contributed by atoms with Gasteiger partial charge in [-0.1, -0.05) is 24.3 Å². The molecular formula is C23H25N3O3S. The number of aromatic nitrogens is 1. The van der Waals surface area contributed by atoms with Crippen molar-refractivity contribution < 1.29 is 14.3 Å². The fourth-order valence-electron chi connectivity index (χ4n) is 3.55. The summed E-state index contributed by atoms with van der Waals surface area (Å²) in [7, 11) is 0. The van der Waals surface area contributed by atoms with E-state index in [9.17, 15) is 4.79 Å². The van der Waals surface area contributed by atoms with Crippen LogP contribution in [-0.4, -0.2) is 48.6 Å². The third kappa shape index (κ3) is 4.57. The zero-order chi connectivity index (χ0) is 20.8. The summed E-state index contributed by atoms with van der Waals surface area (Å²) in [5, 5.41) is 1.95. The summed E-state index contributed by atoms with van der Waals surface area (Å²) in [4.78, 5) is 21.6. The number of piperazine rings is 1. The lowest BCUT2D eigenvalue weighted by Gasteiger charge is -2.36. The first-order valence-electron chi connectivity index (χ1n) is 10.1. The van der Waals surface area contributed by atoms with Gasteiger partial charge in [0.05, 0.1) is 29.1 Å². The van der Waals surface area contributed by atoms with E-state index in [1.165, 1.54) is 11.3 Å². The van der Waals surface area contributed by atoms with Crippen LogP contribution in [0.3, 0.4) is 0 Å². The monoisotopic (exact) mass is 423 g/mol. The van der Waals surface area contributed by atoms with Crippen LogP contribution in [-0.2, 0) is 6.61 Å². The molecule has 6 nitrogen and oxygen atoms in total. The SMILES string of the molecule is CCOc1ccccc1N1CCN(C(=O)c2ccccc2OCc2cscn2)CC1. The Balaban J connectivity index is 1.41. The van der Waals surface area contributed by atoms with Crippen molar-refractivity contribution in [2.75, 3.05) is 37.7 Å². The number of amides is 1. The average Bonchev–Trinajstić information content (AvgIpc) is 3.32. The molecule has 0 spiro atoms. The van der Waals surface area contributed by atoms with Gasteiger partial charge in [0.15, 0.2) is 0 Å². The third-order valence-corrected chi connectivity index (χ3v) is 5.68. The van der Waals surface area contributed by atoms with E-state index in [2.05, 4.69) is 16.0 Å². The summed E-state index contributed by atoms with van der Waals surface area (Å²) in [5.41, 5.74) is 4.32. The van der Waals surface area contributed by atoms with Crippen LogP contribution in [0.5, 0.6) is 11.5 Å². The van der Waals surface area contributed by atoms with Crippen LogP contribution in [0.15, 0.2) is 59.4 Å². The number of hydrogen-bond donors (Lipinski definition) is 0. The molecule has 0 aliphatic carbocycles. The fraction of sp³-hybridized carbons (Fsp3) is 0.304. The Hall–Kier alpha value is -3.06. The van der Waals surface area contributed by atoms with Crippen molar-refractivity contribution in [2.45, 2.75) is 13.5 Å². The lowest BCUT2D eigenvalue weighted by Crippen LogP contribution is -2.49. The largest absolute Gasteiger partial charge is 0.492 e. The Kier molecular flexibility index (Phi) is 6.49. The highest BCUT2D eigenvalue weighted by atomic mass is 32.1. The van der Waals surface area contributed by atoms with Crippen molar-refractivity contribution >= 4 is 22.9 Å². The minimum absolute atomic E-state index is 0.00150. The first-order valence-corrected chi connectivity index (χ1v) is 11.1. The number of hydrogen-bond acceptors (Lipinski definition) is 6. The van der Waals surface area contributed by atoms with E-state index < -0.39 is 0 Å². The Morgan fingerprint density at radius 1 is 1.00 bits per heavy atom. The van der Waals surface area contributed by atoms with Crippen molar-refractivity contribution in [3.05, 3.63) is 70.7 Å². The van der Waals surface area contributed by atoms with Gasteiger partial charge in [-0.3, -0.25) is 4.79 Å². The maximum atomic E-state index is 13.2. The topological polar surface area (TPSA) is 54.9 Å². The minimum Gasteiger partial charge on any atom is -0.492 e. The molecular weight excluding hydrogens is 398 g/mol. The Bertz CT molecular complexity index is 969. The van der Waals surface area contributed by atoms with Crippen molar-refractivity contribution in [2.24, 2.45) is 0 Å². The maximum absolute atomic E-state index is 13.2. The predicted molar refractivity (Wildman–Crippen MR) is 119 cm³/mol. The maximum Gasteiger partial charge on any atom is 0.257 e. The molecule has 30 heavy (non-hydrogen) atoms. The molecule has 1 aliphatic rings. The fourth-order valence-corrected chi connectivity index (χ4v) is 4.09. The molecule has 1 saturated heterocycles. The molecule has 1 fully saturated rings.